The number of hydrogen-bond acceptors (Lipinski definition) is 5. The SMILES string of the molecule is CCN(CCCCCCC(O)c1ccc(OC)c(OC)c1)Cc1ccccc1OC.Cl. The predicted octanol–water partition coefficient (Wildman–Crippen LogP) is 5.64. The summed E-state index contributed by atoms with van der Waals surface area (Å²) < 4.78 is 16.1. The van der Waals surface area contributed by atoms with Crippen LogP contribution in [0.25, 0.3) is 0 Å². The van der Waals surface area contributed by atoms with Crippen molar-refractivity contribution in [1.29, 1.82) is 0 Å². The third kappa shape index (κ3) is 8.60. The van der Waals surface area contributed by atoms with Gasteiger partial charge < -0.3 is 19.3 Å². The Balaban J connectivity index is 0.00000480. The molecule has 5 nitrogen and oxygen atoms in total. The maximum atomic E-state index is 10.5. The number of halogens is 1. The summed E-state index contributed by atoms with van der Waals surface area (Å²) in [5.41, 5.74) is 2.11. The lowest BCUT2D eigenvalue weighted by Crippen LogP contribution is -2.24. The molecule has 0 bridgehead atoms. The van der Waals surface area contributed by atoms with Gasteiger partial charge in [0.25, 0.3) is 0 Å². The van der Waals surface area contributed by atoms with Gasteiger partial charge in [-0.1, -0.05) is 50.5 Å². The summed E-state index contributed by atoms with van der Waals surface area (Å²) in [6, 6.07) is 13.8. The van der Waals surface area contributed by atoms with Crippen LogP contribution in [0.3, 0.4) is 0 Å². The average Bonchev–Trinajstić information content (AvgIpc) is 2.79. The van der Waals surface area contributed by atoms with E-state index in [1.807, 2.05) is 30.3 Å². The smallest absolute Gasteiger partial charge is 0.161 e. The largest absolute Gasteiger partial charge is 0.496 e. The van der Waals surface area contributed by atoms with Crippen molar-refractivity contribution in [3.8, 4) is 17.2 Å². The number of nitrogens with zero attached hydrogens (tertiary/aromatic N) is 1. The van der Waals surface area contributed by atoms with Crippen molar-refractivity contribution in [2.45, 2.75) is 51.7 Å². The van der Waals surface area contributed by atoms with Crippen molar-refractivity contribution < 1.29 is 19.3 Å². The first-order chi connectivity index (χ1) is 14.6. The van der Waals surface area contributed by atoms with Crippen molar-refractivity contribution >= 4 is 12.4 Å². The van der Waals surface area contributed by atoms with Gasteiger partial charge in [0.2, 0.25) is 0 Å². The summed E-state index contributed by atoms with van der Waals surface area (Å²) in [6.45, 7) is 5.22. The van der Waals surface area contributed by atoms with Crippen LogP contribution in [0, 0.1) is 0 Å². The van der Waals surface area contributed by atoms with Gasteiger partial charge in [0, 0.05) is 12.1 Å². The highest BCUT2D eigenvalue weighted by Crippen LogP contribution is 2.31. The maximum absolute atomic E-state index is 10.5. The molecule has 0 spiro atoms. The first-order valence-corrected chi connectivity index (χ1v) is 10.9. The number of aliphatic hydroxyl groups is 1. The Kier molecular flexibility index (Phi) is 13.1. The van der Waals surface area contributed by atoms with Crippen molar-refractivity contribution in [2.75, 3.05) is 34.4 Å². The zero-order valence-corrected chi connectivity index (χ0v) is 20.1. The first kappa shape index (κ1) is 27.1. The second kappa shape index (κ2) is 15.0. The number of ether oxygens (including phenoxy) is 3. The summed E-state index contributed by atoms with van der Waals surface area (Å²) in [7, 11) is 4.96. The number of unbranched alkanes of at least 4 members (excludes halogenated alkanes) is 3. The molecule has 0 heterocycles. The molecule has 2 aromatic carbocycles. The molecule has 31 heavy (non-hydrogen) atoms. The summed E-state index contributed by atoms with van der Waals surface area (Å²) in [6.07, 6.45) is 4.75. The molecular formula is C25H38ClNO4. The normalized spacial score (nSPS) is 11.7. The van der Waals surface area contributed by atoms with Crippen LogP contribution in [0.4, 0.5) is 0 Å². The Bertz CT molecular complexity index is 756. The highest BCUT2D eigenvalue weighted by Gasteiger charge is 2.12. The molecule has 1 N–H and O–H groups in total. The fourth-order valence-corrected chi connectivity index (χ4v) is 3.68. The highest BCUT2D eigenvalue weighted by molar-refractivity contribution is 5.85. The van der Waals surface area contributed by atoms with Crippen LogP contribution in [0.2, 0.25) is 0 Å². The molecule has 1 atom stereocenters. The Labute approximate surface area is 193 Å². The molecule has 2 aromatic rings. The summed E-state index contributed by atoms with van der Waals surface area (Å²) in [4.78, 5) is 2.45. The fourth-order valence-electron chi connectivity index (χ4n) is 3.68. The third-order valence-corrected chi connectivity index (χ3v) is 5.53. The van der Waals surface area contributed by atoms with Gasteiger partial charge in [-0.05, 0) is 49.7 Å². The molecule has 0 saturated heterocycles. The van der Waals surface area contributed by atoms with Gasteiger partial charge in [0.1, 0.15) is 5.75 Å². The predicted molar refractivity (Wildman–Crippen MR) is 129 cm³/mol. The van der Waals surface area contributed by atoms with Crippen LogP contribution >= 0.6 is 12.4 Å². The Morgan fingerprint density at radius 2 is 1.52 bits per heavy atom. The quantitative estimate of drug-likeness (QED) is 0.376. The minimum Gasteiger partial charge on any atom is -0.496 e. The van der Waals surface area contributed by atoms with Gasteiger partial charge in [-0.2, -0.15) is 0 Å². The zero-order valence-electron chi connectivity index (χ0n) is 19.3. The van der Waals surface area contributed by atoms with Crippen molar-refractivity contribution in [1.82, 2.24) is 4.90 Å². The second-order valence-corrected chi connectivity index (χ2v) is 7.51. The average molecular weight is 452 g/mol. The van der Waals surface area contributed by atoms with Crippen molar-refractivity contribution in [3.05, 3.63) is 53.6 Å². The van der Waals surface area contributed by atoms with Crippen molar-refractivity contribution in [3.63, 3.8) is 0 Å². The van der Waals surface area contributed by atoms with Crippen molar-refractivity contribution in [2.24, 2.45) is 0 Å². The lowest BCUT2D eigenvalue weighted by Gasteiger charge is -2.21. The first-order valence-electron chi connectivity index (χ1n) is 10.9. The number of benzene rings is 2. The molecule has 0 aliphatic rings. The van der Waals surface area contributed by atoms with E-state index in [1.165, 1.54) is 12.0 Å². The Morgan fingerprint density at radius 1 is 0.839 bits per heavy atom. The molecule has 174 valence electrons. The van der Waals surface area contributed by atoms with E-state index >= 15 is 0 Å². The van der Waals surface area contributed by atoms with Crippen LogP contribution in [-0.2, 0) is 6.54 Å². The standard InChI is InChI=1S/C25H37NO4.ClH/c1-5-26(19-21-12-9-10-14-23(21)28-2)17-11-7-6-8-13-22(27)20-15-16-24(29-3)25(18-20)30-4;/h9-10,12,14-16,18,22,27H,5-8,11,13,17,19H2,1-4H3;1H. The Morgan fingerprint density at radius 3 is 2.19 bits per heavy atom. The molecule has 0 fully saturated rings. The minimum atomic E-state index is -0.470. The minimum absolute atomic E-state index is 0. The van der Waals surface area contributed by atoms with E-state index in [9.17, 15) is 5.11 Å². The molecule has 2 rings (SSSR count). The molecule has 0 saturated carbocycles. The van der Waals surface area contributed by atoms with Gasteiger partial charge in [0.15, 0.2) is 11.5 Å². The molecule has 0 radical (unpaired) electrons. The van der Waals surface area contributed by atoms with Crippen LogP contribution in [-0.4, -0.2) is 44.4 Å². The molecule has 0 aliphatic heterocycles. The van der Waals surface area contributed by atoms with E-state index in [1.54, 1.807) is 21.3 Å². The number of rotatable bonds is 14. The lowest BCUT2D eigenvalue weighted by molar-refractivity contribution is 0.162. The number of methoxy groups -OCH3 is 3. The van der Waals surface area contributed by atoms with E-state index < -0.39 is 6.10 Å². The zero-order chi connectivity index (χ0) is 21.8. The number of para-hydroxylation sites is 1. The second-order valence-electron chi connectivity index (χ2n) is 7.51. The Hall–Kier alpha value is -1.95. The van der Waals surface area contributed by atoms with Crippen LogP contribution in [0.5, 0.6) is 17.2 Å². The molecule has 6 heteroatoms. The molecule has 0 amide bonds. The van der Waals surface area contributed by atoms with Gasteiger partial charge in [-0.25, -0.2) is 0 Å². The molecule has 1 unspecified atom stereocenters. The lowest BCUT2D eigenvalue weighted by atomic mass is 10.0. The third-order valence-electron chi connectivity index (χ3n) is 5.53. The monoisotopic (exact) mass is 451 g/mol. The van der Waals surface area contributed by atoms with E-state index in [0.717, 1.165) is 56.6 Å². The molecule has 0 aliphatic carbocycles. The van der Waals surface area contributed by atoms with Crippen LogP contribution in [0.15, 0.2) is 42.5 Å². The summed E-state index contributed by atoms with van der Waals surface area (Å²) in [5, 5.41) is 10.5. The van der Waals surface area contributed by atoms with Gasteiger partial charge >= 0.3 is 0 Å². The fraction of sp³-hybridized carbons (Fsp3) is 0.520. The molecule has 0 aromatic heterocycles. The van der Waals surface area contributed by atoms with Gasteiger partial charge in [-0.15, -0.1) is 12.4 Å². The maximum Gasteiger partial charge on any atom is 0.161 e. The molecular weight excluding hydrogens is 414 g/mol. The topological polar surface area (TPSA) is 51.2 Å². The summed E-state index contributed by atoms with van der Waals surface area (Å²) in [5.74, 6) is 2.30. The van der Waals surface area contributed by atoms with E-state index in [2.05, 4.69) is 24.0 Å². The van der Waals surface area contributed by atoms with E-state index in [4.69, 9.17) is 14.2 Å². The van der Waals surface area contributed by atoms with Crippen LogP contribution < -0.4 is 14.2 Å². The van der Waals surface area contributed by atoms with E-state index in [0.29, 0.717) is 11.5 Å². The van der Waals surface area contributed by atoms with Gasteiger partial charge in [-0.3, -0.25) is 4.90 Å². The van der Waals surface area contributed by atoms with Gasteiger partial charge in [0.05, 0.1) is 27.4 Å². The van der Waals surface area contributed by atoms with E-state index in [-0.39, 0.29) is 12.4 Å². The summed E-state index contributed by atoms with van der Waals surface area (Å²) >= 11 is 0. The highest BCUT2D eigenvalue weighted by atomic mass is 35.5. The number of hydrogen-bond donors (Lipinski definition) is 1. The number of aliphatic hydroxyl groups excluding tert-OH is 1. The van der Waals surface area contributed by atoms with Crippen LogP contribution in [0.1, 0.15) is 56.3 Å².